The van der Waals surface area contributed by atoms with E-state index in [0.717, 1.165) is 11.8 Å². The monoisotopic (exact) mass is 335 g/mol. The van der Waals surface area contributed by atoms with Crippen LogP contribution in [0.5, 0.6) is 5.88 Å². The molecule has 0 aliphatic rings. The summed E-state index contributed by atoms with van der Waals surface area (Å²) in [5, 5.41) is 2.76. The lowest BCUT2D eigenvalue weighted by Gasteiger charge is -2.08. The number of rotatable bonds is 6. The normalized spacial score (nSPS) is 10.9. The van der Waals surface area contributed by atoms with E-state index in [0.29, 0.717) is 23.7 Å². The molecular weight excluding hydrogens is 318 g/mol. The van der Waals surface area contributed by atoms with Crippen molar-refractivity contribution < 1.29 is 17.9 Å². The molecule has 1 aromatic heterocycles. The molecule has 1 heterocycles. The number of nitrogens with zero attached hydrogens (tertiary/aromatic N) is 1. The number of benzene rings is 1. The van der Waals surface area contributed by atoms with Gasteiger partial charge in [0.15, 0.2) is 0 Å². The molecule has 8 heteroatoms. The van der Waals surface area contributed by atoms with Crippen LogP contribution >= 0.6 is 0 Å². The molecule has 0 saturated heterocycles. The predicted molar refractivity (Wildman–Crippen MR) is 86.9 cm³/mol. The molecular formula is C15H17N3O4S. The Bertz CT molecular complexity index is 806. The van der Waals surface area contributed by atoms with E-state index in [9.17, 15) is 13.2 Å². The number of amides is 1. The summed E-state index contributed by atoms with van der Waals surface area (Å²) in [4.78, 5) is 16.1. The van der Waals surface area contributed by atoms with Gasteiger partial charge in [0.2, 0.25) is 15.9 Å². The number of anilines is 1. The van der Waals surface area contributed by atoms with Crippen LogP contribution in [-0.4, -0.2) is 32.7 Å². The third-order valence-corrected chi connectivity index (χ3v) is 3.50. The summed E-state index contributed by atoms with van der Waals surface area (Å²) in [7, 11) is -1.87. The Morgan fingerprint density at radius 1 is 1.26 bits per heavy atom. The van der Waals surface area contributed by atoms with Gasteiger partial charge in [-0.3, -0.25) is 9.52 Å². The zero-order valence-corrected chi connectivity index (χ0v) is 13.6. The average molecular weight is 335 g/mol. The molecule has 0 spiro atoms. The Morgan fingerprint density at radius 2 is 2.04 bits per heavy atom. The van der Waals surface area contributed by atoms with E-state index in [-0.39, 0.29) is 5.91 Å². The molecule has 0 radical (unpaired) electrons. The van der Waals surface area contributed by atoms with E-state index >= 15 is 0 Å². The van der Waals surface area contributed by atoms with Crippen molar-refractivity contribution >= 4 is 21.6 Å². The van der Waals surface area contributed by atoms with Gasteiger partial charge in [0.1, 0.15) is 0 Å². The second kappa shape index (κ2) is 7.10. The number of carbonyl (C=O) groups excluding carboxylic acids is 1. The lowest BCUT2D eigenvalue weighted by atomic mass is 10.2. The Hall–Kier alpha value is -2.61. The van der Waals surface area contributed by atoms with Crippen LogP contribution < -0.4 is 14.8 Å². The summed E-state index contributed by atoms with van der Waals surface area (Å²) < 4.78 is 29.8. The minimum atomic E-state index is -3.39. The maximum atomic E-state index is 12.2. The Labute approximate surface area is 134 Å². The second-order valence-corrected chi connectivity index (χ2v) is 6.59. The number of nitrogens with one attached hydrogen (secondary N) is 2. The molecule has 2 N–H and O–H groups in total. The third-order valence-electron chi connectivity index (χ3n) is 2.89. The van der Waals surface area contributed by atoms with Gasteiger partial charge in [0.25, 0.3) is 5.91 Å². The fourth-order valence-corrected chi connectivity index (χ4v) is 2.45. The van der Waals surface area contributed by atoms with Crippen molar-refractivity contribution in [3.63, 3.8) is 0 Å². The van der Waals surface area contributed by atoms with E-state index in [2.05, 4.69) is 15.0 Å². The number of aromatic nitrogens is 1. The van der Waals surface area contributed by atoms with Crippen molar-refractivity contribution in [3.05, 3.63) is 53.7 Å². The van der Waals surface area contributed by atoms with Gasteiger partial charge in [0.05, 0.1) is 13.4 Å². The highest BCUT2D eigenvalue weighted by atomic mass is 32.2. The number of hydrogen-bond acceptors (Lipinski definition) is 5. The Kier molecular flexibility index (Phi) is 5.17. The maximum absolute atomic E-state index is 12.2. The number of ether oxygens (including phenoxy) is 1. The standard InChI is InChI=1S/C15H17N3O4S/c1-22-14-8-11(6-7-16-14)10-17-15(19)12-4-3-5-13(9-12)18-23(2,20)21/h3-9,18H,10H2,1-2H3,(H,17,19). The first-order chi connectivity index (χ1) is 10.9. The number of hydrogen-bond donors (Lipinski definition) is 2. The van der Waals surface area contributed by atoms with Crippen LogP contribution in [0.2, 0.25) is 0 Å². The number of methoxy groups -OCH3 is 1. The smallest absolute Gasteiger partial charge is 0.251 e. The summed E-state index contributed by atoms with van der Waals surface area (Å²) in [6.07, 6.45) is 2.65. The van der Waals surface area contributed by atoms with Crippen molar-refractivity contribution in [1.29, 1.82) is 0 Å². The van der Waals surface area contributed by atoms with Crippen LogP contribution in [0.3, 0.4) is 0 Å². The predicted octanol–water partition coefficient (Wildman–Crippen LogP) is 1.39. The number of pyridine rings is 1. The van der Waals surface area contributed by atoms with Crippen molar-refractivity contribution in [2.75, 3.05) is 18.1 Å². The fraction of sp³-hybridized carbons (Fsp3) is 0.200. The highest BCUT2D eigenvalue weighted by molar-refractivity contribution is 7.92. The molecule has 122 valence electrons. The summed E-state index contributed by atoms with van der Waals surface area (Å²) >= 11 is 0. The zero-order chi connectivity index (χ0) is 16.9. The topological polar surface area (TPSA) is 97.4 Å². The number of carbonyl (C=O) groups is 1. The van der Waals surface area contributed by atoms with Gasteiger partial charge in [-0.25, -0.2) is 13.4 Å². The molecule has 0 aliphatic heterocycles. The average Bonchev–Trinajstić information content (AvgIpc) is 2.51. The van der Waals surface area contributed by atoms with Gasteiger partial charge in [-0.2, -0.15) is 0 Å². The SMILES string of the molecule is COc1cc(CNC(=O)c2cccc(NS(C)(=O)=O)c2)ccn1. The van der Waals surface area contributed by atoms with Gasteiger partial charge in [-0.1, -0.05) is 6.07 Å². The largest absolute Gasteiger partial charge is 0.481 e. The van der Waals surface area contributed by atoms with Crippen molar-refractivity contribution in [2.45, 2.75) is 6.54 Å². The molecule has 1 aromatic carbocycles. The van der Waals surface area contributed by atoms with Gasteiger partial charge in [-0.15, -0.1) is 0 Å². The van der Waals surface area contributed by atoms with Crippen LogP contribution in [-0.2, 0) is 16.6 Å². The molecule has 0 saturated carbocycles. The molecule has 23 heavy (non-hydrogen) atoms. The molecule has 0 fully saturated rings. The minimum absolute atomic E-state index is 0.307. The van der Waals surface area contributed by atoms with Crippen LogP contribution in [0.25, 0.3) is 0 Å². The molecule has 0 aliphatic carbocycles. The first kappa shape index (κ1) is 16.8. The molecule has 2 aromatic rings. The van der Waals surface area contributed by atoms with Gasteiger partial charge in [0, 0.05) is 30.1 Å². The van der Waals surface area contributed by atoms with Gasteiger partial charge in [-0.05, 0) is 29.8 Å². The summed E-state index contributed by atoms with van der Waals surface area (Å²) in [5.74, 6) is 0.161. The van der Waals surface area contributed by atoms with E-state index in [1.807, 2.05) is 0 Å². The zero-order valence-electron chi connectivity index (χ0n) is 12.7. The maximum Gasteiger partial charge on any atom is 0.251 e. The summed E-state index contributed by atoms with van der Waals surface area (Å²) in [5.41, 5.74) is 1.54. The molecule has 7 nitrogen and oxygen atoms in total. The summed E-state index contributed by atoms with van der Waals surface area (Å²) in [6, 6.07) is 9.76. The van der Waals surface area contributed by atoms with Gasteiger partial charge < -0.3 is 10.1 Å². The van der Waals surface area contributed by atoms with Crippen LogP contribution in [0, 0.1) is 0 Å². The lowest BCUT2D eigenvalue weighted by molar-refractivity contribution is 0.0951. The van der Waals surface area contributed by atoms with Crippen LogP contribution in [0.4, 0.5) is 5.69 Å². The van der Waals surface area contributed by atoms with Crippen LogP contribution in [0.1, 0.15) is 15.9 Å². The fourth-order valence-electron chi connectivity index (χ4n) is 1.89. The molecule has 2 rings (SSSR count). The second-order valence-electron chi connectivity index (χ2n) is 4.84. The first-order valence-corrected chi connectivity index (χ1v) is 8.61. The lowest BCUT2D eigenvalue weighted by Crippen LogP contribution is -2.23. The Morgan fingerprint density at radius 3 is 2.74 bits per heavy atom. The van der Waals surface area contributed by atoms with Crippen molar-refractivity contribution in [2.24, 2.45) is 0 Å². The minimum Gasteiger partial charge on any atom is -0.481 e. The summed E-state index contributed by atoms with van der Waals surface area (Å²) in [6.45, 7) is 0.307. The molecule has 1 amide bonds. The highest BCUT2D eigenvalue weighted by Crippen LogP contribution is 2.13. The first-order valence-electron chi connectivity index (χ1n) is 6.72. The van der Waals surface area contributed by atoms with E-state index in [1.54, 1.807) is 36.5 Å². The molecule has 0 atom stereocenters. The number of sulfonamides is 1. The molecule has 0 bridgehead atoms. The van der Waals surface area contributed by atoms with E-state index in [4.69, 9.17) is 4.74 Å². The van der Waals surface area contributed by atoms with Crippen LogP contribution in [0.15, 0.2) is 42.6 Å². The Balaban J connectivity index is 2.04. The van der Waals surface area contributed by atoms with Crippen molar-refractivity contribution in [1.82, 2.24) is 10.3 Å². The van der Waals surface area contributed by atoms with Crippen molar-refractivity contribution in [3.8, 4) is 5.88 Å². The van der Waals surface area contributed by atoms with E-state index in [1.165, 1.54) is 13.2 Å². The van der Waals surface area contributed by atoms with Gasteiger partial charge >= 0.3 is 0 Å². The quantitative estimate of drug-likeness (QED) is 0.831. The third kappa shape index (κ3) is 5.26. The van der Waals surface area contributed by atoms with E-state index < -0.39 is 10.0 Å². The molecule has 0 unspecified atom stereocenters. The highest BCUT2D eigenvalue weighted by Gasteiger charge is 2.08.